The van der Waals surface area contributed by atoms with E-state index in [4.69, 9.17) is 5.26 Å². The van der Waals surface area contributed by atoms with E-state index in [9.17, 15) is 0 Å². The van der Waals surface area contributed by atoms with Crippen LogP contribution in [0.5, 0.6) is 0 Å². The van der Waals surface area contributed by atoms with Crippen LogP contribution in [0.4, 0.5) is 5.82 Å². The van der Waals surface area contributed by atoms with Crippen LogP contribution >= 0.6 is 0 Å². The molecule has 0 aromatic carbocycles. The number of hydrogen-bond acceptors (Lipinski definition) is 4. The fourth-order valence-electron chi connectivity index (χ4n) is 2.01. The first-order valence-corrected chi connectivity index (χ1v) is 4.78. The molecule has 1 aliphatic heterocycles. The molecule has 2 aromatic rings. The lowest BCUT2D eigenvalue weighted by Crippen LogP contribution is -2.15. The molecule has 2 aromatic heterocycles. The summed E-state index contributed by atoms with van der Waals surface area (Å²) in [6.45, 7) is 0.984. The Morgan fingerprint density at radius 1 is 1.47 bits per heavy atom. The average Bonchev–Trinajstić information content (AvgIpc) is 2.81. The fourth-order valence-corrected chi connectivity index (χ4v) is 2.01. The predicted octanol–water partition coefficient (Wildman–Crippen LogP) is 0.593. The SMILES string of the molecule is CN1CCc2cnc3c(C#N)cnn3c21. The highest BCUT2D eigenvalue weighted by atomic mass is 15.3. The highest BCUT2D eigenvalue weighted by Crippen LogP contribution is 2.26. The molecular weight excluding hydrogens is 190 g/mol. The lowest BCUT2D eigenvalue weighted by atomic mass is 10.3. The van der Waals surface area contributed by atoms with Crippen molar-refractivity contribution >= 4 is 11.5 Å². The maximum Gasteiger partial charge on any atom is 0.175 e. The van der Waals surface area contributed by atoms with E-state index in [2.05, 4.69) is 21.1 Å². The van der Waals surface area contributed by atoms with E-state index in [0.29, 0.717) is 11.2 Å². The lowest BCUT2D eigenvalue weighted by Gasteiger charge is -2.12. The van der Waals surface area contributed by atoms with Crippen LogP contribution in [0.25, 0.3) is 5.65 Å². The zero-order valence-corrected chi connectivity index (χ0v) is 8.30. The first kappa shape index (κ1) is 8.24. The number of rotatable bonds is 0. The highest BCUT2D eigenvalue weighted by molar-refractivity contribution is 5.62. The van der Waals surface area contributed by atoms with Crippen LogP contribution in [0.2, 0.25) is 0 Å². The van der Waals surface area contributed by atoms with Gasteiger partial charge in [-0.25, -0.2) is 4.98 Å². The maximum atomic E-state index is 8.88. The van der Waals surface area contributed by atoms with Crippen LogP contribution in [0, 0.1) is 11.3 Å². The number of aromatic nitrogens is 3. The van der Waals surface area contributed by atoms with Gasteiger partial charge in [0.25, 0.3) is 0 Å². The quantitative estimate of drug-likeness (QED) is 0.623. The monoisotopic (exact) mass is 199 g/mol. The molecule has 0 aliphatic carbocycles. The Hall–Kier alpha value is -2.09. The molecule has 0 N–H and O–H groups in total. The molecule has 0 unspecified atom stereocenters. The van der Waals surface area contributed by atoms with Gasteiger partial charge >= 0.3 is 0 Å². The maximum absolute atomic E-state index is 8.88. The van der Waals surface area contributed by atoms with Gasteiger partial charge in [0.2, 0.25) is 0 Å². The van der Waals surface area contributed by atoms with Crippen LogP contribution in [0.15, 0.2) is 12.4 Å². The molecule has 0 saturated carbocycles. The molecule has 74 valence electrons. The summed E-state index contributed by atoms with van der Waals surface area (Å²) in [4.78, 5) is 6.41. The van der Waals surface area contributed by atoms with Crippen molar-refractivity contribution in [1.82, 2.24) is 14.6 Å². The van der Waals surface area contributed by atoms with Crippen LogP contribution in [-0.2, 0) is 6.42 Å². The molecular formula is C10H9N5. The zero-order chi connectivity index (χ0) is 10.4. The van der Waals surface area contributed by atoms with Gasteiger partial charge < -0.3 is 4.90 Å². The number of likely N-dealkylation sites (N-methyl/N-ethyl adjacent to an activating group) is 1. The van der Waals surface area contributed by atoms with Crippen molar-refractivity contribution in [3.8, 4) is 6.07 Å². The highest BCUT2D eigenvalue weighted by Gasteiger charge is 2.21. The molecule has 0 fully saturated rings. The van der Waals surface area contributed by atoms with E-state index in [1.165, 1.54) is 5.56 Å². The summed E-state index contributed by atoms with van der Waals surface area (Å²) >= 11 is 0. The zero-order valence-electron chi connectivity index (χ0n) is 8.30. The number of fused-ring (bicyclic) bond motifs is 3. The standard InChI is InChI=1S/C10H9N5/c1-14-3-2-7-5-12-9-8(4-11)6-13-15(9)10(7)14/h5-6H,2-3H2,1H3. The first-order valence-electron chi connectivity index (χ1n) is 4.78. The third kappa shape index (κ3) is 0.960. The number of nitrogens with zero attached hydrogens (tertiary/aromatic N) is 5. The minimum absolute atomic E-state index is 0.526. The summed E-state index contributed by atoms with van der Waals surface area (Å²) < 4.78 is 1.75. The predicted molar refractivity (Wildman–Crippen MR) is 54.7 cm³/mol. The molecule has 0 bridgehead atoms. The second-order valence-electron chi connectivity index (χ2n) is 3.68. The second-order valence-corrected chi connectivity index (χ2v) is 3.68. The Kier molecular flexibility index (Phi) is 1.48. The Morgan fingerprint density at radius 2 is 2.33 bits per heavy atom. The molecule has 5 nitrogen and oxygen atoms in total. The Labute approximate surface area is 86.6 Å². The van der Waals surface area contributed by atoms with Gasteiger partial charge in [0.05, 0.1) is 6.20 Å². The van der Waals surface area contributed by atoms with E-state index < -0.39 is 0 Å². The van der Waals surface area contributed by atoms with Crippen molar-refractivity contribution in [2.75, 3.05) is 18.5 Å². The fraction of sp³-hybridized carbons (Fsp3) is 0.300. The summed E-state index contributed by atoms with van der Waals surface area (Å²) in [5, 5.41) is 13.1. The van der Waals surface area contributed by atoms with Crippen LogP contribution in [0.1, 0.15) is 11.1 Å². The summed E-state index contributed by atoms with van der Waals surface area (Å²) in [6.07, 6.45) is 4.40. The van der Waals surface area contributed by atoms with Crippen molar-refractivity contribution in [1.29, 1.82) is 5.26 Å². The minimum Gasteiger partial charge on any atom is -0.359 e. The van der Waals surface area contributed by atoms with Gasteiger partial charge in [-0.2, -0.15) is 14.9 Å². The molecule has 5 heteroatoms. The van der Waals surface area contributed by atoms with E-state index in [0.717, 1.165) is 18.8 Å². The molecule has 15 heavy (non-hydrogen) atoms. The molecule has 0 amide bonds. The number of nitriles is 1. The van der Waals surface area contributed by atoms with Gasteiger partial charge in [0, 0.05) is 25.4 Å². The summed E-state index contributed by atoms with van der Waals surface area (Å²) in [6, 6.07) is 2.09. The van der Waals surface area contributed by atoms with Crippen LogP contribution < -0.4 is 4.90 Å². The summed E-state index contributed by atoms with van der Waals surface area (Å²) in [5.41, 5.74) is 2.36. The van der Waals surface area contributed by atoms with Crippen molar-refractivity contribution in [2.45, 2.75) is 6.42 Å². The molecule has 0 saturated heterocycles. The largest absolute Gasteiger partial charge is 0.359 e. The molecule has 0 atom stereocenters. The van der Waals surface area contributed by atoms with Crippen molar-refractivity contribution in [3.63, 3.8) is 0 Å². The van der Waals surface area contributed by atoms with Gasteiger partial charge in [-0.15, -0.1) is 0 Å². The Bertz CT molecular complexity index is 577. The third-order valence-electron chi connectivity index (χ3n) is 2.77. The molecule has 0 spiro atoms. The van der Waals surface area contributed by atoms with E-state index in [-0.39, 0.29) is 0 Å². The van der Waals surface area contributed by atoms with Gasteiger partial charge in [0.1, 0.15) is 17.5 Å². The Balaban J connectivity index is 2.40. The number of anilines is 1. The Morgan fingerprint density at radius 3 is 3.13 bits per heavy atom. The van der Waals surface area contributed by atoms with Crippen LogP contribution in [0.3, 0.4) is 0 Å². The molecule has 0 radical (unpaired) electrons. The second kappa shape index (κ2) is 2.70. The molecule has 3 rings (SSSR count). The molecule has 3 heterocycles. The average molecular weight is 199 g/mol. The topological polar surface area (TPSA) is 57.2 Å². The normalized spacial score (nSPS) is 14.3. The minimum atomic E-state index is 0.526. The van der Waals surface area contributed by atoms with E-state index in [1.54, 1.807) is 10.7 Å². The van der Waals surface area contributed by atoms with Crippen molar-refractivity contribution < 1.29 is 0 Å². The third-order valence-corrected chi connectivity index (χ3v) is 2.77. The summed E-state index contributed by atoms with van der Waals surface area (Å²) in [5.74, 6) is 1.06. The van der Waals surface area contributed by atoms with E-state index >= 15 is 0 Å². The van der Waals surface area contributed by atoms with Gasteiger partial charge in [-0.3, -0.25) is 0 Å². The van der Waals surface area contributed by atoms with E-state index in [1.807, 2.05) is 13.2 Å². The first-order chi connectivity index (χ1) is 7.31. The number of hydrogen-bond donors (Lipinski definition) is 0. The van der Waals surface area contributed by atoms with Gasteiger partial charge in [-0.1, -0.05) is 0 Å². The van der Waals surface area contributed by atoms with Crippen molar-refractivity contribution in [2.24, 2.45) is 0 Å². The smallest absolute Gasteiger partial charge is 0.175 e. The lowest BCUT2D eigenvalue weighted by molar-refractivity contribution is 0.885. The van der Waals surface area contributed by atoms with Crippen LogP contribution in [-0.4, -0.2) is 28.2 Å². The summed E-state index contributed by atoms with van der Waals surface area (Å²) in [7, 11) is 2.03. The van der Waals surface area contributed by atoms with Crippen molar-refractivity contribution in [3.05, 3.63) is 23.5 Å². The molecule has 1 aliphatic rings. The van der Waals surface area contributed by atoms with Gasteiger partial charge in [-0.05, 0) is 6.42 Å². The van der Waals surface area contributed by atoms with Gasteiger partial charge in [0.15, 0.2) is 5.65 Å².